The SMILES string of the molecule is COCc1cccc(-c2cc(C(=O)O)nn2C)c1OC. The molecule has 0 aliphatic heterocycles. The molecule has 1 aromatic carbocycles. The summed E-state index contributed by atoms with van der Waals surface area (Å²) in [5.41, 5.74) is 2.36. The first-order valence-electron chi connectivity index (χ1n) is 6.01. The van der Waals surface area contributed by atoms with Crippen LogP contribution in [0.25, 0.3) is 11.3 Å². The molecule has 0 aliphatic rings. The van der Waals surface area contributed by atoms with Gasteiger partial charge in [0.05, 0.1) is 19.4 Å². The van der Waals surface area contributed by atoms with Gasteiger partial charge in [-0.05, 0) is 12.1 Å². The summed E-state index contributed by atoms with van der Waals surface area (Å²) in [5.74, 6) is -0.395. The van der Waals surface area contributed by atoms with Crippen LogP contribution in [-0.4, -0.2) is 35.1 Å². The Morgan fingerprint density at radius 2 is 2.15 bits per heavy atom. The normalized spacial score (nSPS) is 10.6. The van der Waals surface area contributed by atoms with Crippen molar-refractivity contribution in [2.75, 3.05) is 14.2 Å². The van der Waals surface area contributed by atoms with E-state index in [1.54, 1.807) is 21.3 Å². The molecule has 0 saturated heterocycles. The minimum atomic E-state index is -1.06. The molecule has 0 unspecified atom stereocenters. The number of carboxylic acids is 1. The molecular formula is C14H16N2O4. The molecule has 0 amide bonds. The maximum absolute atomic E-state index is 11.0. The smallest absolute Gasteiger partial charge is 0.356 e. The van der Waals surface area contributed by atoms with E-state index in [0.29, 0.717) is 18.1 Å². The number of ether oxygens (including phenoxy) is 2. The van der Waals surface area contributed by atoms with Crippen LogP contribution in [0.2, 0.25) is 0 Å². The zero-order chi connectivity index (χ0) is 14.7. The second kappa shape index (κ2) is 5.75. The van der Waals surface area contributed by atoms with Gasteiger partial charge in [0.25, 0.3) is 0 Å². The Kier molecular flexibility index (Phi) is 4.05. The number of carbonyl (C=O) groups is 1. The van der Waals surface area contributed by atoms with Gasteiger partial charge in [0.1, 0.15) is 5.75 Å². The highest BCUT2D eigenvalue weighted by molar-refractivity contribution is 5.87. The van der Waals surface area contributed by atoms with E-state index < -0.39 is 5.97 Å². The lowest BCUT2D eigenvalue weighted by atomic mass is 10.1. The van der Waals surface area contributed by atoms with Gasteiger partial charge in [-0.2, -0.15) is 5.10 Å². The number of para-hydroxylation sites is 1. The summed E-state index contributed by atoms with van der Waals surface area (Å²) in [4.78, 5) is 11.0. The molecule has 20 heavy (non-hydrogen) atoms. The Bertz CT molecular complexity index is 634. The molecule has 0 aliphatic carbocycles. The van der Waals surface area contributed by atoms with Gasteiger partial charge in [-0.15, -0.1) is 0 Å². The fraction of sp³-hybridized carbons (Fsp3) is 0.286. The van der Waals surface area contributed by atoms with E-state index in [1.807, 2.05) is 18.2 Å². The molecule has 0 bridgehead atoms. The van der Waals surface area contributed by atoms with E-state index in [2.05, 4.69) is 5.10 Å². The monoisotopic (exact) mass is 276 g/mol. The molecule has 1 aromatic heterocycles. The number of aromatic carboxylic acids is 1. The Morgan fingerprint density at radius 3 is 2.70 bits per heavy atom. The third-order valence-corrected chi connectivity index (χ3v) is 2.98. The number of aryl methyl sites for hydroxylation is 1. The number of nitrogens with zero attached hydrogens (tertiary/aromatic N) is 2. The minimum absolute atomic E-state index is 0.00157. The van der Waals surface area contributed by atoms with Gasteiger partial charge < -0.3 is 14.6 Å². The highest BCUT2D eigenvalue weighted by Gasteiger charge is 2.17. The van der Waals surface area contributed by atoms with Crippen LogP contribution < -0.4 is 4.74 Å². The molecule has 2 aromatic rings. The molecule has 1 heterocycles. The van der Waals surface area contributed by atoms with Crippen molar-refractivity contribution in [3.8, 4) is 17.0 Å². The van der Waals surface area contributed by atoms with Crippen LogP contribution in [-0.2, 0) is 18.4 Å². The topological polar surface area (TPSA) is 73.6 Å². The third kappa shape index (κ3) is 2.50. The van der Waals surface area contributed by atoms with Crippen molar-refractivity contribution in [2.24, 2.45) is 7.05 Å². The standard InChI is InChI=1S/C14H16N2O4/c1-16-12(7-11(15-16)14(17)18)10-6-4-5-9(8-19-2)13(10)20-3/h4-7H,8H2,1-3H3,(H,17,18). The lowest BCUT2D eigenvalue weighted by molar-refractivity contribution is 0.0689. The number of benzene rings is 1. The van der Waals surface area contributed by atoms with E-state index in [-0.39, 0.29) is 5.69 Å². The molecule has 0 fully saturated rings. The zero-order valence-corrected chi connectivity index (χ0v) is 11.6. The van der Waals surface area contributed by atoms with Crippen molar-refractivity contribution < 1.29 is 19.4 Å². The van der Waals surface area contributed by atoms with Gasteiger partial charge in [0, 0.05) is 25.3 Å². The summed E-state index contributed by atoms with van der Waals surface area (Å²) in [6, 6.07) is 7.16. The number of hydrogen-bond acceptors (Lipinski definition) is 4. The number of methoxy groups -OCH3 is 2. The first kappa shape index (κ1) is 14.1. The van der Waals surface area contributed by atoms with Crippen molar-refractivity contribution in [3.63, 3.8) is 0 Å². The second-order valence-corrected chi connectivity index (χ2v) is 4.27. The maximum Gasteiger partial charge on any atom is 0.356 e. The third-order valence-electron chi connectivity index (χ3n) is 2.98. The Balaban J connectivity index is 2.57. The molecule has 0 spiro atoms. The second-order valence-electron chi connectivity index (χ2n) is 4.27. The molecule has 0 saturated carbocycles. The van der Waals surface area contributed by atoms with Crippen molar-refractivity contribution in [3.05, 3.63) is 35.5 Å². The van der Waals surface area contributed by atoms with Gasteiger partial charge in [0.2, 0.25) is 0 Å². The van der Waals surface area contributed by atoms with E-state index in [9.17, 15) is 4.79 Å². The van der Waals surface area contributed by atoms with E-state index >= 15 is 0 Å². The van der Waals surface area contributed by atoms with Crippen LogP contribution >= 0.6 is 0 Å². The number of rotatable bonds is 5. The lowest BCUT2D eigenvalue weighted by Gasteiger charge is -2.13. The van der Waals surface area contributed by atoms with E-state index in [1.165, 1.54) is 10.7 Å². The van der Waals surface area contributed by atoms with Crippen LogP contribution in [0.1, 0.15) is 16.1 Å². The number of hydrogen-bond donors (Lipinski definition) is 1. The van der Waals surface area contributed by atoms with Crippen LogP contribution in [0.15, 0.2) is 24.3 Å². The Morgan fingerprint density at radius 1 is 1.40 bits per heavy atom. The number of carboxylic acid groups (broad SMARTS) is 1. The molecule has 0 atom stereocenters. The summed E-state index contributed by atoms with van der Waals surface area (Å²) < 4.78 is 12.1. The zero-order valence-electron chi connectivity index (χ0n) is 11.6. The highest BCUT2D eigenvalue weighted by atomic mass is 16.5. The van der Waals surface area contributed by atoms with Gasteiger partial charge in [0.15, 0.2) is 5.69 Å². The molecule has 6 heteroatoms. The summed E-state index contributed by atoms with van der Waals surface area (Å²) in [6.07, 6.45) is 0. The van der Waals surface area contributed by atoms with Crippen LogP contribution in [0.5, 0.6) is 5.75 Å². The molecule has 1 N–H and O–H groups in total. The predicted molar refractivity (Wildman–Crippen MR) is 72.9 cm³/mol. The predicted octanol–water partition coefficient (Wildman–Crippen LogP) is 1.94. The number of aromatic nitrogens is 2. The van der Waals surface area contributed by atoms with Gasteiger partial charge in [-0.3, -0.25) is 4.68 Å². The fourth-order valence-electron chi connectivity index (χ4n) is 2.12. The summed E-state index contributed by atoms with van der Waals surface area (Å²) in [7, 11) is 4.88. The first-order valence-corrected chi connectivity index (χ1v) is 6.01. The molecule has 0 radical (unpaired) electrons. The van der Waals surface area contributed by atoms with E-state index in [0.717, 1.165) is 11.1 Å². The summed E-state index contributed by atoms with van der Waals surface area (Å²) >= 11 is 0. The van der Waals surface area contributed by atoms with Crippen LogP contribution in [0.4, 0.5) is 0 Å². The fourth-order valence-corrected chi connectivity index (χ4v) is 2.12. The maximum atomic E-state index is 11.0. The molecular weight excluding hydrogens is 260 g/mol. The Hall–Kier alpha value is -2.34. The molecule has 2 rings (SSSR count). The summed E-state index contributed by atoms with van der Waals surface area (Å²) in [5, 5.41) is 13.0. The summed E-state index contributed by atoms with van der Waals surface area (Å²) in [6.45, 7) is 0.417. The van der Waals surface area contributed by atoms with Crippen molar-refractivity contribution in [1.29, 1.82) is 0 Å². The molecule has 6 nitrogen and oxygen atoms in total. The van der Waals surface area contributed by atoms with Crippen molar-refractivity contribution in [2.45, 2.75) is 6.61 Å². The van der Waals surface area contributed by atoms with Gasteiger partial charge in [-0.25, -0.2) is 4.79 Å². The first-order chi connectivity index (χ1) is 9.58. The quantitative estimate of drug-likeness (QED) is 0.903. The van der Waals surface area contributed by atoms with Gasteiger partial charge in [-0.1, -0.05) is 12.1 Å². The highest BCUT2D eigenvalue weighted by Crippen LogP contribution is 2.33. The molecule has 106 valence electrons. The minimum Gasteiger partial charge on any atom is -0.496 e. The lowest BCUT2D eigenvalue weighted by Crippen LogP contribution is -2.00. The van der Waals surface area contributed by atoms with Gasteiger partial charge >= 0.3 is 5.97 Å². The van der Waals surface area contributed by atoms with E-state index in [4.69, 9.17) is 14.6 Å². The van der Waals surface area contributed by atoms with Crippen molar-refractivity contribution in [1.82, 2.24) is 9.78 Å². The average molecular weight is 276 g/mol. The Labute approximate surface area is 116 Å². The van der Waals surface area contributed by atoms with Crippen LogP contribution in [0, 0.1) is 0 Å². The largest absolute Gasteiger partial charge is 0.496 e. The van der Waals surface area contributed by atoms with Crippen molar-refractivity contribution >= 4 is 5.97 Å². The van der Waals surface area contributed by atoms with Crippen LogP contribution in [0.3, 0.4) is 0 Å². The average Bonchev–Trinajstić information content (AvgIpc) is 2.81.